The van der Waals surface area contributed by atoms with E-state index in [1.54, 1.807) is 36.3 Å². The summed E-state index contributed by atoms with van der Waals surface area (Å²) in [7, 11) is 1.57. The standard InChI is InChI=1S/C13H14N2O3/c1-18-10-6-7-15-11(10)12(16)14-9-5-3-2-4-8(9)13(15)17/h2-5,10-11H,6-7H2,1H3,(H,14,16). The molecule has 18 heavy (non-hydrogen) atoms. The topological polar surface area (TPSA) is 58.6 Å². The number of amides is 2. The van der Waals surface area contributed by atoms with Crippen LogP contribution >= 0.6 is 0 Å². The number of hydrogen-bond acceptors (Lipinski definition) is 3. The van der Waals surface area contributed by atoms with Gasteiger partial charge in [0.2, 0.25) is 5.91 Å². The number of nitrogens with zero attached hydrogens (tertiary/aromatic N) is 1. The summed E-state index contributed by atoms with van der Waals surface area (Å²) in [5, 5.41) is 2.81. The van der Waals surface area contributed by atoms with Crippen molar-refractivity contribution >= 4 is 17.5 Å². The summed E-state index contributed by atoms with van der Waals surface area (Å²) in [6.07, 6.45) is 0.478. The van der Waals surface area contributed by atoms with Gasteiger partial charge in [0, 0.05) is 13.7 Å². The lowest BCUT2D eigenvalue weighted by molar-refractivity contribution is -0.122. The first-order chi connectivity index (χ1) is 8.72. The summed E-state index contributed by atoms with van der Waals surface area (Å²) in [5.74, 6) is -0.272. The first-order valence-electron chi connectivity index (χ1n) is 5.96. The normalized spacial score (nSPS) is 26.4. The van der Waals surface area contributed by atoms with Gasteiger partial charge in [-0.2, -0.15) is 0 Å². The van der Waals surface area contributed by atoms with Crippen molar-refractivity contribution < 1.29 is 14.3 Å². The van der Waals surface area contributed by atoms with Gasteiger partial charge in [-0.15, -0.1) is 0 Å². The fourth-order valence-electron chi connectivity index (χ4n) is 2.69. The molecule has 0 spiro atoms. The summed E-state index contributed by atoms with van der Waals surface area (Å²) in [4.78, 5) is 26.2. The zero-order valence-electron chi connectivity index (χ0n) is 10.1. The van der Waals surface area contributed by atoms with Crippen molar-refractivity contribution in [1.82, 2.24) is 4.90 Å². The van der Waals surface area contributed by atoms with Crippen LogP contribution in [0.1, 0.15) is 16.8 Å². The molecule has 1 fully saturated rings. The van der Waals surface area contributed by atoms with E-state index in [0.717, 1.165) is 0 Å². The quantitative estimate of drug-likeness (QED) is 0.799. The van der Waals surface area contributed by atoms with E-state index in [0.29, 0.717) is 24.2 Å². The third-order valence-corrected chi connectivity index (χ3v) is 3.59. The Kier molecular flexibility index (Phi) is 2.56. The molecule has 2 heterocycles. The molecule has 5 heteroatoms. The minimum Gasteiger partial charge on any atom is -0.379 e. The van der Waals surface area contributed by atoms with E-state index in [-0.39, 0.29) is 17.9 Å². The molecule has 0 aromatic heterocycles. The zero-order valence-corrected chi connectivity index (χ0v) is 10.1. The van der Waals surface area contributed by atoms with Crippen molar-refractivity contribution in [3.63, 3.8) is 0 Å². The van der Waals surface area contributed by atoms with E-state index in [2.05, 4.69) is 5.32 Å². The number of rotatable bonds is 1. The summed E-state index contributed by atoms with van der Waals surface area (Å²) >= 11 is 0. The van der Waals surface area contributed by atoms with Crippen LogP contribution in [0.3, 0.4) is 0 Å². The Hall–Kier alpha value is -1.88. The van der Waals surface area contributed by atoms with Crippen LogP contribution in [-0.4, -0.2) is 42.5 Å². The average Bonchev–Trinajstić information content (AvgIpc) is 2.78. The van der Waals surface area contributed by atoms with E-state index < -0.39 is 6.04 Å². The van der Waals surface area contributed by atoms with Gasteiger partial charge >= 0.3 is 0 Å². The van der Waals surface area contributed by atoms with Crippen LogP contribution in [0.2, 0.25) is 0 Å². The fraction of sp³-hybridized carbons (Fsp3) is 0.385. The molecule has 0 bridgehead atoms. The molecule has 2 unspecified atom stereocenters. The van der Waals surface area contributed by atoms with Crippen LogP contribution < -0.4 is 5.32 Å². The maximum atomic E-state index is 12.4. The highest BCUT2D eigenvalue weighted by molar-refractivity contribution is 6.10. The molecule has 3 rings (SSSR count). The Bertz CT molecular complexity index is 515. The van der Waals surface area contributed by atoms with Gasteiger partial charge in [-0.25, -0.2) is 0 Å². The van der Waals surface area contributed by atoms with Crippen molar-refractivity contribution in [1.29, 1.82) is 0 Å². The van der Waals surface area contributed by atoms with Crippen molar-refractivity contribution in [3.05, 3.63) is 29.8 Å². The maximum Gasteiger partial charge on any atom is 0.256 e. The molecule has 94 valence electrons. The smallest absolute Gasteiger partial charge is 0.256 e. The number of methoxy groups -OCH3 is 1. The summed E-state index contributed by atoms with van der Waals surface area (Å²) in [6, 6.07) is 6.56. The lowest BCUT2D eigenvalue weighted by Gasteiger charge is -2.23. The second kappa shape index (κ2) is 4.10. The second-order valence-electron chi connectivity index (χ2n) is 4.54. The van der Waals surface area contributed by atoms with Gasteiger partial charge in [0.1, 0.15) is 6.04 Å². The molecule has 1 saturated heterocycles. The molecule has 1 N–H and O–H groups in total. The first kappa shape index (κ1) is 11.2. The predicted molar refractivity (Wildman–Crippen MR) is 65.3 cm³/mol. The Balaban J connectivity index is 2.06. The Morgan fingerprint density at radius 3 is 2.89 bits per heavy atom. The first-order valence-corrected chi connectivity index (χ1v) is 5.96. The van der Waals surface area contributed by atoms with Gasteiger partial charge in [-0.05, 0) is 18.6 Å². The van der Waals surface area contributed by atoms with Crippen LogP contribution in [-0.2, 0) is 9.53 Å². The molecular weight excluding hydrogens is 232 g/mol. The molecule has 2 amide bonds. The SMILES string of the molecule is COC1CCN2C(=O)c3ccccc3NC(=O)C12. The molecule has 0 saturated carbocycles. The third-order valence-electron chi connectivity index (χ3n) is 3.59. The monoisotopic (exact) mass is 246 g/mol. The highest BCUT2D eigenvalue weighted by Crippen LogP contribution is 2.29. The molecular formula is C13H14N2O3. The van der Waals surface area contributed by atoms with Crippen LogP contribution in [0, 0.1) is 0 Å². The van der Waals surface area contributed by atoms with Gasteiger partial charge in [-0.3, -0.25) is 9.59 Å². The largest absolute Gasteiger partial charge is 0.379 e. The number of benzene rings is 1. The van der Waals surface area contributed by atoms with Crippen LogP contribution in [0.5, 0.6) is 0 Å². The predicted octanol–water partition coefficient (Wildman–Crippen LogP) is 0.868. The number of hydrogen-bond donors (Lipinski definition) is 1. The molecule has 1 aromatic carbocycles. The van der Waals surface area contributed by atoms with Crippen molar-refractivity contribution in [2.24, 2.45) is 0 Å². The summed E-state index contributed by atoms with van der Waals surface area (Å²) < 4.78 is 5.30. The van der Waals surface area contributed by atoms with E-state index in [4.69, 9.17) is 4.74 Å². The maximum absolute atomic E-state index is 12.4. The fourth-order valence-corrected chi connectivity index (χ4v) is 2.69. The minimum absolute atomic E-state index is 0.103. The molecule has 0 radical (unpaired) electrons. The number of carbonyl (C=O) groups is 2. The van der Waals surface area contributed by atoms with Crippen molar-refractivity contribution in [2.75, 3.05) is 19.0 Å². The number of nitrogens with one attached hydrogen (secondary N) is 1. The lowest BCUT2D eigenvalue weighted by atomic mass is 10.1. The Morgan fingerprint density at radius 2 is 2.11 bits per heavy atom. The number of fused-ring (bicyclic) bond motifs is 2. The highest BCUT2D eigenvalue weighted by Gasteiger charge is 2.44. The Morgan fingerprint density at radius 1 is 1.33 bits per heavy atom. The van der Waals surface area contributed by atoms with Crippen LogP contribution in [0.25, 0.3) is 0 Å². The molecule has 0 aliphatic carbocycles. The van der Waals surface area contributed by atoms with Gasteiger partial charge in [0.25, 0.3) is 5.91 Å². The second-order valence-corrected chi connectivity index (χ2v) is 4.54. The lowest BCUT2D eigenvalue weighted by Crippen LogP contribution is -2.46. The number of para-hydroxylation sites is 1. The van der Waals surface area contributed by atoms with E-state index in [1.807, 2.05) is 0 Å². The van der Waals surface area contributed by atoms with Gasteiger partial charge in [0.05, 0.1) is 17.4 Å². The molecule has 2 atom stereocenters. The number of carbonyl (C=O) groups excluding carboxylic acids is 2. The van der Waals surface area contributed by atoms with Crippen LogP contribution in [0.15, 0.2) is 24.3 Å². The summed E-state index contributed by atoms with van der Waals surface area (Å²) in [5.41, 5.74) is 1.13. The van der Waals surface area contributed by atoms with Crippen molar-refractivity contribution in [2.45, 2.75) is 18.6 Å². The van der Waals surface area contributed by atoms with Gasteiger partial charge in [-0.1, -0.05) is 12.1 Å². The molecule has 2 aliphatic rings. The van der Waals surface area contributed by atoms with Gasteiger partial charge in [0.15, 0.2) is 0 Å². The molecule has 5 nitrogen and oxygen atoms in total. The van der Waals surface area contributed by atoms with E-state index in [9.17, 15) is 9.59 Å². The molecule has 1 aromatic rings. The zero-order chi connectivity index (χ0) is 12.7. The molecule has 2 aliphatic heterocycles. The Labute approximate surface area is 105 Å². The highest BCUT2D eigenvalue weighted by atomic mass is 16.5. The number of anilines is 1. The third kappa shape index (κ3) is 1.51. The van der Waals surface area contributed by atoms with E-state index in [1.165, 1.54) is 0 Å². The summed E-state index contributed by atoms with van der Waals surface area (Å²) in [6.45, 7) is 0.559. The van der Waals surface area contributed by atoms with E-state index >= 15 is 0 Å². The average molecular weight is 246 g/mol. The van der Waals surface area contributed by atoms with Crippen molar-refractivity contribution in [3.8, 4) is 0 Å². The minimum atomic E-state index is -0.519. The van der Waals surface area contributed by atoms with Gasteiger partial charge < -0.3 is 15.0 Å². The number of ether oxygens (including phenoxy) is 1. The van der Waals surface area contributed by atoms with Crippen LogP contribution in [0.4, 0.5) is 5.69 Å².